The number of ether oxygens (including phenoxy) is 2. The summed E-state index contributed by atoms with van der Waals surface area (Å²) in [4.78, 5) is 13.4. The summed E-state index contributed by atoms with van der Waals surface area (Å²) < 4.78 is 17.9. The fourth-order valence-corrected chi connectivity index (χ4v) is 3.25. The second-order valence-corrected chi connectivity index (χ2v) is 7.08. The molecule has 0 aliphatic carbocycles. The van der Waals surface area contributed by atoms with Crippen molar-refractivity contribution in [1.82, 2.24) is 40.5 Å². The zero-order chi connectivity index (χ0) is 22.1. The first-order valence-corrected chi connectivity index (χ1v) is 9.82. The van der Waals surface area contributed by atoms with E-state index in [1.54, 1.807) is 25.1 Å². The van der Waals surface area contributed by atoms with E-state index in [4.69, 9.17) is 14.0 Å². The molecule has 1 saturated heterocycles. The number of anilines is 1. The number of hydrogen-bond acceptors (Lipinski definition) is 11. The molecular formula is C19H19N9O4. The molecule has 4 aromatic rings. The minimum atomic E-state index is -0.0341. The van der Waals surface area contributed by atoms with Crippen LogP contribution in [0.3, 0.4) is 0 Å². The molecule has 0 radical (unpaired) electrons. The van der Waals surface area contributed by atoms with Gasteiger partial charge in [0.25, 0.3) is 5.88 Å². The molecule has 4 aromatic heterocycles. The molecule has 1 N–H and O–H groups in total. The van der Waals surface area contributed by atoms with Crippen LogP contribution in [-0.2, 0) is 11.4 Å². The first-order chi connectivity index (χ1) is 15.6. The number of aromatic nitrogens is 7. The van der Waals surface area contributed by atoms with E-state index in [2.05, 4.69) is 36.0 Å². The maximum Gasteiger partial charge on any atom is 0.275 e. The third kappa shape index (κ3) is 3.75. The van der Waals surface area contributed by atoms with Crippen molar-refractivity contribution in [2.24, 2.45) is 0 Å². The molecule has 5 heterocycles. The summed E-state index contributed by atoms with van der Waals surface area (Å²) in [6.07, 6.45) is 0. The third-order valence-electron chi connectivity index (χ3n) is 4.83. The number of rotatable bonds is 6. The van der Waals surface area contributed by atoms with Gasteiger partial charge in [0.05, 0.1) is 13.7 Å². The highest BCUT2D eigenvalue weighted by molar-refractivity contribution is 5.82. The molecule has 0 saturated carbocycles. The van der Waals surface area contributed by atoms with E-state index in [-0.39, 0.29) is 24.9 Å². The number of hydrogen-bond donors (Lipinski definition) is 1. The monoisotopic (exact) mass is 437 g/mol. The Hall–Kier alpha value is -4.29. The van der Waals surface area contributed by atoms with Gasteiger partial charge in [-0.15, -0.1) is 25.5 Å². The molecule has 13 heteroatoms. The van der Waals surface area contributed by atoms with Crippen LogP contribution in [0.15, 0.2) is 28.8 Å². The fourth-order valence-electron chi connectivity index (χ4n) is 3.25. The number of fused-ring (bicyclic) bond motifs is 1. The van der Waals surface area contributed by atoms with Crippen LogP contribution < -0.4 is 19.7 Å². The Balaban J connectivity index is 1.36. The first kappa shape index (κ1) is 19.7. The number of methoxy groups -OCH3 is 1. The SMILES string of the molecule is COc1cc2nnc(-c3cc(C)on3)n2nc1OCc1ccc(N2CCNC(=O)C2)nn1. The molecule has 5 rings (SSSR count). The normalized spacial score (nSPS) is 13.9. The molecule has 0 spiro atoms. The van der Waals surface area contributed by atoms with Gasteiger partial charge in [-0.05, 0) is 19.1 Å². The lowest BCUT2D eigenvalue weighted by Gasteiger charge is -2.27. The lowest BCUT2D eigenvalue weighted by atomic mass is 10.3. The van der Waals surface area contributed by atoms with E-state index in [0.29, 0.717) is 53.3 Å². The van der Waals surface area contributed by atoms with Crippen LogP contribution in [0.5, 0.6) is 11.6 Å². The van der Waals surface area contributed by atoms with Crippen LogP contribution in [0.2, 0.25) is 0 Å². The number of piperazine rings is 1. The van der Waals surface area contributed by atoms with Crippen LogP contribution in [0.1, 0.15) is 11.5 Å². The average molecular weight is 437 g/mol. The van der Waals surface area contributed by atoms with Crippen LogP contribution in [0.25, 0.3) is 17.2 Å². The summed E-state index contributed by atoms with van der Waals surface area (Å²) in [6, 6.07) is 7.01. The van der Waals surface area contributed by atoms with Gasteiger partial charge < -0.3 is 24.2 Å². The summed E-state index contributed by atoms with van der Waals surface area (Å²) in [5, 5.41) is 27.9. The highest BCUT2D eigenvalue weighted by Crippen LogP contribution is 2.28. The molecule has 0 bridgehead atoms. The van der Waals surface area contributed by atoms with Crippen LogP contribution in [0, 0.1) is 6.92 Å². The predicted molar refractivity (Wildman–Crippen MR) is 109 cm³/mol. The Kier molecular flexibility index (Phi) is 4.97. The first-order valence-electron chi connectivity index (χ1n) is 9.82. The predicted octanol–water partition coefficient (Wildman–Crippen LogP) is 0.402. The molecule has 0 aromatic carbocycles. The van der Waals surface area contributed by atoms with Gasteiger partial charge in [0.2, 0.25) is 11.7 Å². The van der Waals surface area contributed by atoms with E-state index < -0.39 is 0 Å². The van der Waals surface area contributed by atoms with E-state index in [9.17, 15) is 4.79 Å². The van der Waals surface area contributed by atoms with Crippen LogP contribution >= 0.6 is 0 Å². The maximum absolute atomic E-state index is 11.6. The molecule has 164 valence electrons. The molecule has 0 atom stereocenters. The van der Waals surface area contributed by atoms with E-state index >= 15 is 0 Å². The third-order valence-corrected chi connectivity index (χ3v) is 4.83. The highest BCUT2D eigenvalue weighted by atomic mass is 16.5. The van der Waals surface area contributed by atoms with Gasteiger partial charge in [0, 0.05) is 25.2 Å². The fraction of sp³-hybridized carbons (Fsp3) is 0.316. The molecule has 32 heavy (non-hydrogen) atoms. The number of nitrogens with one attached hydrogen (secondary N) is 1. The van der Waals surface area contributed by atoms with Crippen molar-refractivity contribution in [2.45, 2.75) is 13.5 Å². The van der Waals surface area contributed by atoms with E-state index in [0.717, 1.165) is 0 Å². The van der Waals surface area contributed by atoms with Crippen molar-refractivity contribution in [1.29, 1.82) is 0 Å². The second-order valence-electron chi connectivity index (χ2n) is 7.08. The number of nitrogens with zero attached hydrogens (tertiary/aromatic N) is 8. The number of carbonyl (C=O) groups is 1. The zero-order valence-corrected chi connectivity index (χ0v) is 17.3. The van der Waals surface area contributed by atoms with Crippen molar-refractivity contribution in [2.75, 3.05) is 31.6 Å². The Morgan fingerprint density at radius 3 is 2.81 bits per heavy atom. The standard InChI is InChI=1S/C19H19N9O4/c1-11-7-13(26-32-11)18-24-23-16-8-14(30-2)19(25-28(16)18)31-10-12-3-4-15(22-21-12)27-6-5-20-17(29)9-27/h3-4,7-8H,5-6,9-10H2,1-2H3,(H,20,29). The molecule has 1 aliphatic rings. The number of amides is 1. The summed E-state index contributed by atoms with van der Waals surface area (Å²) in [7, 11) is 1.52. The van der Waals surface area contributed by atoms with Crippen LogP contribution in [-0.4, -0.2) is 67.8 Å². The molecule has 1 aliphatic heterocycles. The minimum Gasteiger partial charge on any atom is -0.491 e. The van der Waals surface area contributed by atoms with Gasteiger partial charge in [-0.3, -0.25) is 4.79 Å². The molecule has 0 unspecified atom stereocenters. The summed E-state index contributed by atoms with van der Waals surface area (Å²) in [6.45, 7) is 3.43. The summed E-state index contributed by atoms with van der Waals surface area (Å²) in [5.74, 6) is 2.30. The van der Waals surface area contributed by atoms with E-state index in [1.165, 1.54) is 11.6 Å². The zero-order valence-electron chi connectivity index (χ0n) is 17.3. The van der Waals surface area contributed by atoms with Crippen molar-refractivity contribution in [3.05, 3.63) is 35.7 Å². The number of carbonyl (C=O) groups excluding carboxylic acids is 1. The molecule has 1 fully saturated rings. The second kappa shape index (κ2) is 8.09. The largest absolute Gasteiger partial charge is 0.491 e. The van der Waals surface area contributed by atoms with Gasteiger partial charge >= 0.3 is 0 Å². The van der Waals surface area contributed by atoms with Crippen molar-refractivity contribution in [3.8, 4) is 23.1 Å². The Bertz CT molecular complexity index is 1270. The summed E-state index contributed by atoms with van der Waals surface area (Å²) >= 11 is 0. The van der Waals surface area contributed by atoms with Gasteiger partial charge in [0.15, 0.2) is 22.9 Å². The average Bonchev–Trinajstić information content (AvgIpc) is 3.42. The molecular weight excluding hydrogens is 418 g/mol. The van der Waals surface area contributed by atoms with Crippen molar-refractivity contribution in [3.63, 3.8) is 0 Å². The number of aryl methyl sites for hydroxylation is 1. The Labute approximate surface area is 181 Å². The van der Waals surface area contributed by atoms with Gasteiger partial charge in [-0.1, -0.05) is 5.16 Å². The Morgan fingerprint density at radius 2 is 2.09 bits per heavy atom. The molecule has 1 amide bonds. The highest BCUT2D eigenvalue weighted by Gasteiger charge is 2.19. The van der Waals surface area contributed by atoms with Crippen molar-refractivity contribution >= 4 is 17.4 Å². The quantitative estimate of drug-likeness (QED) is 0.447. The minimum absolute atomic E-state index is 0.0341. The summed E-state index contributed by atoms with van der Waals surface area (Å²) in [5.41, 5.74) is 1.57. The van der Waals surface area contributed by atoms with Crippen molar-refractivity contribution < 1.29 is 18.8 Å². The van der Waals surface area contributed by atoms with Gasteiger partial charge in [-0.2, -0.15) is 4.52 Å². The van der Waals surface area contributed by atoms with E-state index in [1.807, 2.05) is 11.0 Å². The van der Waals surface area contributed by atoms with Gasteiger partial charge in [0.1, 0.15) is 18.1 Å². The lowest BCUT2D eigenvalue weighted by Crippen LogP contribution is -2.48. The van der Waals surface area contributed by atoms with Gasteiger partial charge in [-0.25, -0.2) is 0 Å². The Morgan fingerprint density at radius 1 is 1.19 bits per heavy atom. The molecule has 13 nitrogen and oxygen atoms in total. The maximum atomic E-state index is 11.6. The smallest absolute Gasteiger partial charge is 0.275 e. The lowest BCUT2D eigenvalue weighted by molar-refractivity contribution is -0.120. The topological polar surface area (TPSA) is 146 Å². The van der Waals surface area contributed by atoms with Crippen LogP contribution in [0.4, 0.5) is 5.82 Å².